The van der Waals surface area contributed by atoms with Crippen molar-refractivity contribution in [2.24, 2.45) is 0 Å². The third-order valence-electron chi connectivity index (χ3n) is 3.21. The number of hydrogen-bond acceptors (Lipinski definition) is 6. The van der Waals surface area contributed by atoms with Gasteiger partial charge in [-0.2, -0.15) is 0 Å². The molecule has 0 saturated heterocycles. The Hall–Kier alpha value is -3.75. The largest absolute Gasteiger partial charge is 0.449 e. The van der Waals surface area contributed by atoms with Crippen molar-refractivity contribution in [1.82, 2.24) is 5.32 Å². The summed E-state index contributed by atoms with van der Waals surface area (Å²) in [5.41, 5.74) is 0.130. The number of nitrogens with one attached hydrogen (secondary N) is 2. The molecule has 0 aliphatic carbocycles. The van der Waals surface area contributed by atoms with Crippen molar-refractivity contribution in [3.05, 3.63) is 70.3 Å². The van der Waals surface area contributed by atoms with E-state index in [9.17, 15) is 24.5 Å². The van der Waals surface area contributed by atoms with Crippen molar-refractivity contribution in [3.8, 4) is 0 Å². The molecule has 0 heterocycles. The van der Waals surface area contributed by atoms with Gasteiger partial charge in [-0.1, -0.05) is 24.3 Å². The van der Waals surface area contributed by atoms with Crippen LogP contribution in [0.3, 0.4) is 0 Å². The van der Waals surface area contributed by atoms with Crippen LogP contribution < -0.4 is 10.6 Å². The van der Waals surface area contributed by atoms with Gasteiger partial charge in [0.15, 0.2) is 6.10 Å². The molecule has 1 atom stereocenters. The smallest absolute Gasteiger partial charge is 0.339 e. The van der Waals surface area contributed by atoms with Gasteiger partial charge in [0.05, 0.1) is 10.5 Å². The maximum Gasteiger partial charge on any atom is 0.339 e. The Balaban J connectivity index is 1.91. The normalized spacial score (nSPS) is 11.1. The topological polar surface area (TPSA) is 128 Å². The minimum absolute atomic E-state index is 0.0763. The molecule has 9 nitrogen and oxygen atoms in total. The van der Waals surface area contributed by atoms with Crippen LogP contribution in [0.15, 0.2) is 54.6 Å². The Bertz CT molecular complexity index is 837. The predicted octanol–water partition coefficient (Wildman–Crippen LogP) is 2.49. The molecule has 2 aromatic carbocycles. The van der Waals surface area contributed by atoms with Crippen molar-refractivity contribution in [1.29, 1.82) is 0 Å². The van der Waals surface area contributed by atoms with E-state index in [1.807, 2.05) is 5.32 Å². The van der Waals surface area contributed by atoms with Crippen molar-refractivity contribution in [3.63, 3.8) is 0 Å². The Morgan fingerprint density at radius 3 is 2.42 bits per heavy atom. The lowest BCUT2D eigenvalue weighted by Crippen LogP contribution is -2.41. The van der Waals surface area contributed by atoms with E-state index >= 15 is 0 Å². The van der Waals surface area contributed by atoms with Crippen LogP contribution in [0.1, 0.15) is 17.3 Å². The van der Waals surface area contributed by atoms with Crippen LogP contribution in [0.25, 0.3) is 0 Å². The number of imide groups is 1. The summed E-state index contributed by atoms with van der Waals surface area (Å²) in [7, 11) is 0. The number of anilines is 1. The number of ether oxygens (including phenoxy) is 1. The summed E-state index contributed by atoms with van der Waals surface area (Å²) < 4.78 is 4.93. The van der Waals surface area contributed by atoms with Crippen LogP contribution in [-0.2, 0) is 9.53 Å². The molecule has 0 aliphatic heterocycles. The van der Waals surface area contributed by atoms with Gasteiger partial charge < -0.3 is 10.1 Å². The number of nitro benzene ring substituents is 1. The zero-order valence-corrected chi connectivity index (χ0v) is 13.7. The van der Waals surface area contributed by atoms with Crippen molar-refractivity contribution in [2.75, 3.05) is 5.32 Å². The Kier molecular flexibility index (Phi) is 5.99. The van der Waals surface area contributed by atoms with E-state index in [-0.39, 0.29) is 11.3 Å². The molecule has 9 heteroatoms. The molecule has 26 heavy (non-hydrogen) atoms. The zero-order valence-electron chi connectivity index (χ0n) is 13.7. The molecule has 0 spiro atoms. The van der Waals surface area contributed by atoms with Gasteiger partial charge in [0.25, 0.3) is 11.6 Å². The van der Waals surface area contributed by atoms with Crippen LogP contribution in [0, 0.1) is 10.1 Å². The SMILES string of the molecule is CC(OC(=O)c1cccc([N+](=O)[O-])c1)C(=O)NC(=O)Nc1ccccc1. The van der Waals surface area contributed by atoms with Crippen molar-refractivity contribution < 1.29 is 24.0 Å². The van der Waals surface area contributed by atoms with Gasteiger partial charge in [0.2, 0.25) is 0 Å². The lowest BCUT2D eigenvalue weighted by molar-refractivity contribution is -0.384. The molecule has 134 valence electrons. The second kappa shape index (κ2) is 8.38. The molecule has 0 aliphatic rings. The number of rotatable bonds is 5. The molecular formula is C17H15N3O6. The van der Waals surface area contributed by atoms with Crippen LogP contribution in [-0.4, -0.2) is 28.9 Å². The van der Waals surface area contributed by atoms with E-state index in [4.69, 9.17) is 4.74 Å². The first kappa shape index (κ1) is 18.6. The van der Waals surface area contributed by atoms with Gasteiger partial charge in [-0.3, -0.25) is 20.2 Å². The van der Waals surface area contributed by atoms with Gasteiger partial charge in [-0.15, -0.1) is 0 Å². The molecule has 0 aromatic heterocycles. The van der Waals surface area contributed by atoms with Gasteiger partial charge in [0.1, 0.15) is 0 Å². The Morgan fingerprint density at radius 1 is 1.08 bits per heavy atom. The van der Waals surface area contributed by atoms with Crippen LogP contribution in [0.5, 0.6) is 0 Å². The average molecular weight is 357 g/mol. The number of urea groups is 1. The molecule has 1 unspecified atom stereocenters. The number of hydrogen-bond donors (Lipinski definition) is 2. The number of amides is 3. The second-order valence-corrected chi connectivity index (χ2v) is 5.16. The first-order chi connectivity index (χ1) is 12.4. The molecule has 2 N–H and O–H groups in total. The highest BCUT2D eigenvalue weighted by Gasteiger charge is 2.22. The van der Waals surface area contributed by atoms with Gasteiger partial charge in [0, 0.05) is 17.8 Å². The average Bonchev–Trinajstić information content (AvgIpc) is 2.62. The van der Waals surface area contributed by atoms with E-state index in [2.05, 4.69) is 5.32 Å². The summed E-state index contributed by atoms with van der Waals surface area (Å²) in [5.74, 6) is -1.75. The van der Waals surface area contributed by atoms with Crippen LogP contribution in [0.2, 0.25) is 0 Å². The number of nitro groups is 1. The number of non-ortho nitro benzene ring substituents is 1. The molecule has 3 amide bonds. The quantitative estimate of drug-likeness (QED) is 0.481. The molecule has 0 fully saturated rings. The molecule has 0 bridgehead atoms. The molecule has 0 saturated carbocycles. The third kappa shape index (κ3) is 5.13. The van der Waals surface area contributed by atoms with E-state index in [1.54, 1.807) is 30.3 Å². The Morgan fingerprint density at radius 2 is 1.77 bits per heavy atom. The van der Waals surface area contributed by atoms with Crippen molar-refractivity contribution >= 4 is 29.3 Å². The van der Waals surface area contributed by atoms with Crippen LogP contribution in [0.4, 0.5) is 16.2 Å². The summed E-state index contributed by atoms with van der Waals surface area (Å²) in [4.78, 5) is 45.7. The number of benzene rings is 2. The highest BCUT2D eigenvalue weighted by molar-refractivity contribution is 6.03. The summed E-state index contributed by atoms with van der Waals surface area (Å²) in [5, 5.41) is 15.2. The number of carbonyl (C=O) groups excluding carboxylic acids is 3. The maximum atomic E-state index is 12.0. The maximum absolute atomic E-state index is 12.0. The fourth-order valence-electron chi connectivity index (χ4n) is 1.93. The lowest BCUT2D eigenvalue weighted by atomic mass is 10.2. The Labute approximate surface area is 148 Å². The standard InChI is InChI=1S/C17H15N3O6/c1-11(15(21)19-17(23)18-13-7-3-2-4-8-13)26-16(22)12-6-5-9-14(10-12)20(24)25/h2-11H,1H3,(H2,18,19,21,23). The highest BCUT2D eigenvalue weighted by Crippen LogP contribution is 2.14. The number of carbonyl (C=O) groups is 3. The zero-order chi connectivity index (χ0) is 19.1. The third-order valence-corrected chi connectivity index (χ3v) is 3.21. The summed E-state index contributed by atoms with van der Waals surface area (Å²) >= 11 is 0. The van der Waals surface area contributed by atoms with E-state index in [1.165, 1.54) is 25.1 Å². The van der Waals surface area contributed by atoms with Gasteiger partial charge >= 0.3 is 12.0 Å². The van der Waals surface area contributed by atoms with Crippen LogP contribution >= 0.6 is 0 Å². The fourth-order valence-corrected chi connectivity index (χ4v) is 1.93. The second-order valence-electron chi connectivity index (χ2n) is 5.16. The number of esters is 1. The van der Waals surface area contributed by atoms with Gasteiger partial charge in [-0.25, -0.2) is 9.59 Å². The lowest BCUT2D eigenvalue weighted by Gasteiger charge is -2.13. The first-order valence-electron chi connectivity index (χ1n) is 7.49. The minimum Gasteiger partial charge on any atom is -0.449 e. The highest BCUT2D eigenvalue weighted by atomic mass is 16.6. The van der Waals surface area contributed by atoms with E-state index in [0.29, 0.717) is 5.69 Å². The molecule has 2 aromatic rings. The van der Waals surface area contributed by atoms with E-state index in [0.717, 1.165) is 6.07 Å². The van der Waals surface area contributed by atoms with Crippen molar-refractivity contribution in [2.45, 2.75) is 13.0 Å². The van der Waals surface area contributed by atoms with Gasteiger partial charge in [-0.05, 0) is 25.1 Å². The fraction of sp³-hybridized carbons (Fsp3) is 0.118. The summed E-state index contributed by atoms with van der Waals surface area (Å²) in [6.45, 7) is 1.28. The molecule has 0 radical (unpaired) electrons. The summed E-state index contributed by atoms with van der Waals surface area (Å²) in [6, 6.07) is 12.6. The number of para-hydroxylation sites is 1. The summed E-state index contributed by atoms with van der Waals surface area (Å²) in [6.07, 6.45) is -1.27. The van der Waals surface area contributed by atoms with E-state index < -0.39 is 28.9 Å². The monoisotopic (exact) mass is 357 g/mol. The minimum atomic E-state index is -1.27. The molecule has 2 rings (SSSR count). The number of nitrogens with zero attached hydrogens (tertiary/aromatic N) is 1. The predicted molar refractivity (Wildman–Crippen MR) is 91.6 cm³/mol. The molecular weight excluding hydrogens is 342 g/mol. The first-order valence-corrected chi connectivity index (χ1v) is 7.49.